The SMILES string of the molecule is Cc1nc(Cl)nc(NCCCOCCO)c1N. The molecule has 96 valence electrons. The van der Waals surface area contributed by atoms with Crippen LogP contribution in [-0.2, 0) is 4.74 Å². The van der Waals surface area contributed by atoms with Gasteiger partial charge in [-0.05, 0) is 24.9 Å². The molecule has 6 nitrogen and oxygen atoms in total. The maximum Gasteiger partial charge on any atom is 0.224 e. The van der Waals surface area contributed by atoms with E-state index in [1.807, 2.05) is 0 Å². The lowest BCUT2D eigenvalue weighted by molar-refractivity contribution is 0.0922. The quantitative estimate of drug-likeness (QED) is 0.497. The molecule has 0 saturated heterocycles. The Morgan fingerprint density at radius 1 is 1.41 bits per heavy atom. The van der Waals surface area contributed by atoms with Gasteiger partial charge in [0, 0.05) is 13.2 Å². The van der Waals surface area contributed by atoms with Crippen LogP contribution in [0.5, 0.6) is 0 Å². The second kappa shape index (κ2) is 7.26. The maximum absolute atomic E-state index is 8.51. The van der Waals surface area contributed by atoms with Gasteiger partial charge in [-0.1, -0.05) is 0 Å². The van der Waals surface area contributed by atoms with Gasteiger partial charge in [0.2, 0.25) is 5.28 Å². The number of nitrogens with zero attached hydrogens (tertiary/aromatic N) is 2. The summed E-state index contributed by atoms with van der Waals surface area (Å²) >= 11 is 5.73. The Bertz CT molecular complexity index is 362. The van der Waals surface area contributed by atoms with Crippen LogP contribution in [0, 0.1) is 6.92 Å². The first-order chi connectivity index (χ1) is 8.15. The Balaban J connectivity index is 2.36. The molecule has 0 radical (unpaired) electrons. The van der Waals surface area contributed by atoms with Gasteiger partial charge in [0.15, 0.2) is 5.82 Å². The number of nitrogens with two attached hydrogens (primary N) is 1. The van der Waals surface area contributed by atoms with Gasteiger partial charge in [-0.25, -0.2) is 4.98 Å². The first-order valence-corrected chi connectivity index (χ1v) is 5.75. The zero-order valence-corrected chi connectivity index (χ0v) is 10.5. The Hall–Kier alpha value is -1.11. The number of hydrogen-bond acceptors (Lipinski definition) is 6. The van der Waals surface area contributed by atoms with E-state index in [0.717, 1.165) is 6.42 Å². The van der Waals surface area contributed by atoms with Crippen LogP contribution in [0.1, 0.15) is 12.1 Å². The number of aromatic nitrogens is 2. The lowest BCUT2D eigenvalue weighted by atomic mass is 10.3. The summed E-state index contributed by atoms with van der Waals surface area (Å²) < 4.78 is 5.12. The molecule has 1 rings (SSSR count). The molecule has 0 aromatic carbocycles. The average molecular weight is 261 g/mol. The Morgan fingerprint density at radius 2 is 2.18 bits per heavy atom. The van der Waals surface area contributed by atoms with Gasteiger partial charge in [-0.2, -0.15) is 4.98 Å². The molecule has 0 fully saturated rings. The topological polar surface area (TPSA) is 93.3 Å². The highest BCUT2D eigenvalue weighted by Gasteiger charge is 2.06. The smallest absolute Gasteiger partial charge is 0.224 e. The van der Waals surface area contributed by atoms with E-state index in [0.29, 0.717) is 37.0 Å². The van der Waals surface area contributed by atoms with Crippen molar-refractivity contribution in [3.63, 3.8) is 0 Å². The Morgan fingerprint density at radius 3 is 2.88 bits per heavy atom. The summed E-state index contributed by atoms with van der Waals surface area (Å²) in [6, 6.07) is 0. The third-order valence-electron chi connectivity index (χ3n) is 2.10. The highest BCUT2D eigenvalue weighted by atomic mass is 35.5. The van der Waals surface area contributed by atoms with Crippen molar-refractivity contribution in [1.82, 2.24) is 9.97 Å². The van der Waals surface area contributed by atoms with E-state index in [1.165, 1.54) is 0 Å². The van der Waals surface area contributed by atoms with E-state index in [9.17, 15) is 0 Å². The summed E-state index contributed by atoms with van der Waals surface area (Å²) in [7, 11) is 0. The highest BCUT2D eigenvalue weighted by molar-refractivity contribution is 6.28. The number of nitrogens with one attached hydrogen (secondary N) is 1. The number of nitrogen functional groups attached to an aromatic ring is 1. The van der Waals surface area contributed by atoms with E-state index in [1.54, 1.807) is 6.92 Å². The van der Waals surface area contributed by atoms with Crippen molar-refractivity contribution in [1.29, 1.82) is 0 Å². The van der Waals surface area contributed by atoms with Crippen LogP contribution >= 0.6 is 11.6 Å². The second-order valence-electron chi connectivity index (χ2n) is 3.46. The van der Waals surface area contributed by atoms with Gasteiger partial charge in [0.05, 0.1) is 24.6 Å². The van der Waals surface area contributed by atoms with Gasteiger partial charge in [-0.3, -0.25) is 0 Å². The number of halogens is 1. The monoisotopic (exact) mass is 260 g/mol. The molecule has 1 aromatic rings. The van der Waals surface area contributed by atoms with Gasteiger partial charge in [0.25, 0.3) is 0 Å². The van der Waals surface area contributed by atoms with Crippen molar-refractivity contribution in [3.05, 3.63) is 11.0 Å². The minimum atomic E-state index is 0.0427. The molecule has 0 bridgehead atoms. The lowest BCUT2D eigenvalue weighted by Gasteiger charge is -2.10. The lowest BCUT2D eigenvalue weighted by Crippen LogP contribution is -2.11. The predicted octanol–water partition coefficient (Wildman–Crippen LogP) is 0.832. The molecule has 1 aromatic heterocycles. The fourth-order valence-corrected chi connectivity index (χ4v) is 1.44. The van der Waals surface area contributed by atoms with Crippen LogP contribution in [-0.4, -0.2) is 41.4 Å². The van der Waals surface area contributed by atoms with Gasteiger partial charge in [-0.15, -0.1) is 0 Å². The summed E-state index contributed by atoms with van der Waals surface area (Å²) in [6.45, 7) is 3.42. The molecule has 0 saturated carbocycles. The molecule has 0 aliphatic rings. The van der Waals surface area contributed by atoms with Crippen molar-refractivity contribution in [2.24, 2.45) is 0 Å². The molecule has 4 N–H and O–H groups in total. The summed E-state index contributed by atoms with van der Waals surface area (Å²) in [5.41, 5.74) is 6.97. The molecular weight excluding hydrogens is 244 g/mol. The number of ether oxygens (including phenoxy) is 1. The summed E-state index contributed by atoms with van der Waals surface area (Å²) in [4.78, 5) is 7.94. The van der Waals surface area contributed by atoms with Crippen LogP contribution in [0.2, 0.25) is 5.28 Å². The van der Waals surface area contributed by atoms with Gasteiger partial charge >= 0.3 is 0 Å². The second-order valence-corrected chi connectivity index (χ2v) is 3.79. The highest BCUT2D eigenvalue weighted by Crippen LogP contribution is 2.20. The fraction of sp³-hybridized carbons (Fsp3) is 0.600. The number of aryl methyl sites for hydroxylation is 1. The van der Waals surface area contributed by atoms with Crippen LogP contribution in [0.3, 0.4) is 0 Å². The Kier molecular flexibility index (Phi) is 5.96. The predicted molar refractivity (Wildman–Crippen MR) is 67.2 cm³/mol. The molecule has 0 spiro atoms. The summed E-state index contributed by atoms with van der Waals surface area (Å²) in [5.74, 6) is 0.546. The van der Waals surface area contributed by atoms with Crippen molar-refractivity contribution >= 4 is 23.1 Å². The first-order valence-electron chi connectivity index (χ1n) is 5.37. The average Bonchev–Trinajstić information content (AvgIpc) is 2.29. The maximum atomic E-state index is 8.51. The number of anilines is 2. The molecule has 0 amide bonds. The molecule has 0 aliphatic carbocycles. The van der Waals surface area contributed by atoms with E-state index in [4.69, 9.17) is 27.2 Å². The molecule has 0 aliphatic heterocycles. The fourth-order valence-electron chi connectivity index (χ4n) is 1.23. The largest absolute Gasteiger partial charge is 0.394 e. The normalized spacial score (nSPS) is 10.5. The van der Waals surface area contributed by atoms with E-state index < -0.39 is 0 Å². The minimum absolute atomic E-state index is 0.0427. The summed E-state index contributed by atoms with van der Waals surface area (Å²) in [6.07, 6.45) is 0.792. The number of aliphatic hydroxyl groups is 1. The summed E-state index contributed by atoms with van der Waals surface area (Å²) in [5, 5.41) is 11.8. The van der Waals surface area contributed by atoms with E-state index in [-0.39, 0.29) is 11.9 Å². The van der Waals surface area contributed by atoms with Crippen LogP contribution < -0.4 is 11.1 Å². The van der Waals surface area contributed by atoms with Crippen LogP contribution in [0.4, 0.5) is 11.5 Å². The van der Waals surface area contributed by atoms with Crippen molar-refractivity contribution in [2.45, 2.75) is 13.3 Å². The number of hydrogen-bond donors (Lipinski definition) is 3. The first kappa shape index (κ1) is 14.0. The zero-order chi connectivity index (χ0) is 12.7. The molecular formula is C10H17ClN4O2. The van der Waals surface area contributed by atoms with Crippen molar-refractivity contribution in [2.75, 3.05) is 37.4 Å². The third kappa shape index (κ3) is 4.72. The van der Waals surface area contributed by atoms with E-state index in [2.05, 4.69) is 15.3 Å². The minimum Gasteiger partial charge on any atom is -0.394 e. The third-order valence-corrected chi connectivity index (χ3v) is 2.27. The van der Waals surface area contributed by atoms with Crippen molar-refractivity contribution in [3.8, 4) is 0 Å². The van der Waals surface area contributed by atoms with E-state index >= 15 is 0 Å². The molecule has 1 heterocycles. The number of rotatable bonds is 7. The molecule has 0 unspecified atom stereocenters. The molecule has 7 heteroatoms. The van der Waals surface area contributed by atoms with Crippen LogP contribution in [0.25, 0.3) is 0 Å². The molecule has 0 atom stereocenters. The number of aliphatic hydroxyl groups excluding tert-OH is 1. The standard InChI is InChI=1S/C10H17ClN4O2/c1-7-8(12)9(15-10(11)14-7)13-3-2-5-17-6-4-16/h16H,2-6,12H2,1H3,(H,13,14,15). The van der Waals surface area contributed by atoms with Crippen molar-refractivity contribution < 1.29 is 9.84 Å². The van der Waals surface area contributed by atoms with Gasteiger partial charge in [0.1, 0.15) is 0 Å². The van der Waals surface area contributed by atoms with Crippen LogP contribution in [0.15, 0.2) is 0 Å². The zero-order valence-electron chi connectivity index (χ0n) is 9.74. The van der Waals surface area contributed by atoms with Gasteiger partial charge < -0.3 is 20.9 Å². The molecule has 17 heavy (non-hydrogen) atoms. The Labute approximate surface area is 105 Å².